The second kappa shape index (κ2) is 5.43. The molecule has 2 aromatic rings. The van der Waals surface area contributed by atoms with Gasteiger partial charge in [-0.3, -0.25) is 0 Å². The molecule has 2 heterocycles. The van der Waals surface area contributed by atoms with E-state index in [-0.39, 0.29) is 0 Å². The van der Waals surface area contributed by atoms with Crippen LogP contribution in [0.4, 0.5) is 0 Å². The van der Waals surface area contributed by atoms with Gasteiger partial charge in [0.2, 0.25) is 0 Å². The second-order valence-corrected chi connectivity index (χ2v) is 6.90. The number of nitrogens with zero attached hydrogens (tertiary/aromatic N) is 3. The molecule has 5 heteroatoms. The van der Waals surface area contributed by atoms with Crippen LogP contribution in [-0.4, -0.2) is 19.9 Å². The third-order valence-electron chi connectivity index (χ3n) is 3.01. The normalized spacial score (nSPS) is 14.8. The summed E-state index contributed by atoms with van der Waals surface area (Å²) in [5.41, 5.74) is -0.888. The largest absolute Gasteiger partial charge is 0.384 e. The zero-order valence-electron chi connectivity index (χ0n) is 11.9. The summed E-state index contributed by atoms with van der Waals surface area (Å²) in [6.45, 7) is 9.01. The van der Waals surface area contributed by atoms with Crippen molar-refractivity contribution in [1.29, 1.82) is 0 Å². The van der Waals surface area contributed by atoms with Gasteiger partial charge in [-0.2, -0.15) is 5.10 Å². The van der Waals surface area contributed by atoms with E-state index >= 15 is 0 Å². The molecule has 0 aliphatic heterocycles. The Balaban J connectivity index is 2.18. The van der Waals surface area contributed by atoms with Crippen LogP contribution in [0.5, 0.6) is 0 Å². The molecular weight excluding hydrogens is 258 g/mol. The molecule has 0 radical (unpaired) electrons. The molecule has 1 N–H and O–H groups in total. The van der Waals surface area contributed by atoms with Crippen LogP contribution in [0, 0.1) is 12.8 Å². The summed E-state index contributed by atoms with van der Waals surface area (Å²) >= 11 is 1.63. The van der Waals surface area contributed by atoms with Crippen LogP contribution in [0.15, 0.2) is 18.5 Å². The average molecular weight is 279 g/mol. The van der Waals surface area contributed by atoms with Gasteiger partial charge in [0, 0.05) is 22.7 Å². The molecule has 1 unspecified atom stereocenters. The van der Waals surface area contributed by atoms with Crippen molar-refractivity contribution in [2.45, 2.75) is 46.3 Å². The van der Waals surface area contributed by atoms with E-state index in [1.807, 2.05) is 30.7 Å². The summed E-state index contributed by atoms with van der Waals surface area (Å²) in [4.78, 5) is 6.47. The lowest BCUT2D eigenvalue weighted by Crippen LogP contribution is -2.25. The lowest BCUT2D eigenvalue weighted by Gasteiger charge is -2.22. The fourth-order valence-corrected chi connectivity index (χ4v) is 2.95. The zero-order valence-corrected chi connectivity index (χ0v) is 12.7. The molecule has 0 saturated carbocycles. The first-order chi connectivity index (χ1) is 8.88. The van der Waals surface area contributed by atoms with Crippen molar-refractivity contribution in [2.24, 2.45) is 5.92 Å². The Labute approximate surface area is 118 Å². The molecule has 19 heavy (non-hydrogen) atoms. The highest BCUT2D eigenvalue weighted by Crippen LogP contribution is 2.30. The molecule has 4 nitrogen and oxygen atoms in total. The highest BCUT2D eigenvalue weighted by molar-refractivity contribution is 7.12. The summed E-state index contributed by atoms with van der Waals surface area (Å²) in [5.74, 6) is 1.35. The minimum absolute atomic E-state index is 0.486. The van der Waals surface area contributed by atoms with Crippen molar-refractivity contribution in [3.63, 3.8) is 0 Å². The minimum atomic E-state index is -0.888. The van der Waals surface area contributed by atoms with Crippen LogP contribution in [0.2, 0.25) is 0 Å². The Morgan fingerprint density at radius 1 is 1.42 bits per heavy atom. The van der Waals surface area contributed by atoms with Crippen molar-refractivity contribution in [3.8, 4) is 0 Å². The molecule has 0 saturated heterocycles. The summed E-state index contributed by atoms with van der Waals surface area (Å²) in [5, 5.41) is 14.9. The third-order valence-corrected chi connectivity index (χ3v) is 4.26. The molecule has 0 amide bonds. The van der Waals surface area contributed by atoms with Gasteiger partial charge in [-0.25, -0.2) is 9.67 Å². The first kappa shape index (κ1) is 14.2. The highest BCUT2D eigenvalue weighted by Gasteiger charge is 2.27. The predicted octanol–water partition coefficient (Wildman–Crippen LogP) is 2.75. The Morgan fingerprint density at radius 3 is 2.74 bits per heavy atom. The summed E-state index contributed by atoms with van der Waals surface area (Å²) < 4.78 is 1.89. The lowest BCUT2D eigenvalue weighted by molar-refractivity contribution is 0.0578. The van der Waals surface area contributed by atoms with E-state index in [1.165, 1.54) is 4.88 Å². The number of rotatable bonds is 5. The first-order valence-corrected chi connectivity index (χ1v) is 7.36. The van der Waals surface area contributed by atoms with Gasteiger partial charge >= 0.3 is 0 Å². The maximum absolute atomic E-state index is 10.7. The van der Waals surface area contributed by atoms with Crippen molar-refractivity contribution in [3.05, 3.63) is 34.0 Å². The quantitative estimate of drug-likeness (QED) is 0.915. The molecule has 0 aliphatic rings. The van der Waals surface area contributed by atoms with Gasteiger partial charge in [-0.1, -0.05) is 13.8 Å². The molecular formula is C14H21N3OS. The number of aliphatic hydroxyl groups is 1. The van der Waals surface area contributed by atoms with E-state index < -0.39 is 5.60 Å². The van der Waals surface area contributed by atoms with Gasteiger partial charge in [0.15, 0.2) is 0 Å². The van der Waals surface area contributed by atoms with E-state index in [1.54, 1.807) is 17.7 Å². The number of aromatic nitrogens is 3. The predicted molar refractivity (Wildman–Crippen MR) is 77.2 cm³/mol. The van der Waals surface area contributed by atoms with Crippen LogP contribution in [0.1, 0.15) is 36.3 Å². The second-order valence-electron chi connectivity index (χ2n) is 5.61. The Hall–Kier alpha value is -1.20. The molecule has 0 aromatic carbocycles. The number of aryl methyl sites for hydroxylation is 1. The molecule has 0 bridgehead atoms. The molecule has 104 valence electrons. The molecule has 0 spiro atoms. The van der Waals surface area contributed by atoms with E-state index in [2.05, 4.69) is 23.9 Å². The fourth-order valence-electron chi connectivity index (χ4n) is 2.04. The Morgan fingerprint density at radius 2 is 2.16 bits per heavy atom. The number of hydrogen-bond donors (Lipinski definition) is 1. The smallest absolute Gasteiger partial charge is 0.138 e. The van der Waals surface area contributed by atoms with Crippen molar-refractivity contribution in [2.75, 3.05) is 0 Å². The van der Waals surface area contributed by atoms with Crippen molar-refractivity contribution >= 4 is 11.3 Å². The number of hydrogen-bond acceptors (Lipinski definition) is 4. The zero-order chi connectivity index (χ0) is 14.0. The summed E-state index contributed by atoms with van der Waals surface area (Å²) in [7, 11) is 0. The van der Waals surface area contributed by atoms with Gasteiger partial charge in [0.25, 0.3) is 0 Å². The Kier molecular flexibility index (Phi) is 4.06. The van der Waals surface area contributed by atoms with E-state index in [9.17, 15) is 5.11 Å². The summed E-state index contributed by atoms with van der Waals surface area (Å²) in [6, 6.07) is 4.02. The highest BCUT2D eigenvalue weighted by atomic mass is 32.1. The summed E-state index contributed by atoms with van der Waals surface area (Å²) in [6.07, 6.45) is 2.05. The van der Waals surface area contributed by atoms with Crippen LogP contribution in [0.3, 0.4) is 0 Å². The van der Waals surface area contributed by atoms with Gasteiger partial charge in [0.05, 0.1) is 0 Å². The van der Waals surface area contributed by atoms with Crippen LogP contribution >= 0.6 is 11.3 Å². The van der Waals surface area contributed by atoms with Gasteiger partial charge in [-0.05, 0) is 31.9 Å². The maximum atomic E-state index is 10.7. The molecule has 0 aliphatic carbocycles. The van der Waals surface area contributed by atoms with Gasteiger partial charge in [0.1, 0.15) is 17.8 Å². The van der Waals surface area contributed by atoms with E-state index in [0.717, 1.165) is 17.2 Å². The monoisotopic (exact) mass is 279 g/mol. The molecule has 1 atom stereocenters. The average Bonchev–Trinajstić information content (AvgIpc) is 2.88. The third kappa shape index (κ3) is 3.42. The molecule has 2 rings (SSSR count). The van der Waals surface area contributed by atoms with Crippen molar-refractivity contribution < 1.29 is 5.11 Å². The van der Waals surface area contributed by atoms with E-state index in [4.69, 9.17) is 0 Å². The molecule has 0 fully saturated rings. The van der Waals surface area contributed by atoms with Crippen molar-refractivity contribution in [1.82, 2.24) is 14.8 Å². The Bertz CT molecular complexity index is 542. The maximum Gasteiger partial charge on any atom is 0.138 e. The topological polar surface area (TPSA) is 50.9 Å². The first-order valence-electron chi connectivity index (χ1n) is 6.54. The minimum Gasteiger partial charge on any atom is -0.384 e. The van der Waals surface area contributed by atoms with Gasteiger partial charge < -0.3 is 5.11 Å². The molecule has 2 aromatic heterocycles. The lowest BCUT2D eigenvalue weighted by atomic mass is 10.00. The number of thiophene rings is 1. The van der Waals surface area contributed by atoms with E-state index in [0.29, 0.717) is 12.3 Å². The van der Waals surface area contributed by atoms with Crippen LogP contribution in [0.25, 0.3) is 0 Å². The van der Waals surface area contributed by atoms with Gasteiger partial charge in [-0.15, -0.1) is 11.3 Å². The SMILES string of the molecule is Cc1ccc(C(C)(O)Cc2ncnn2CC(C)C)s1. The standard InChI is InChI=1S/C14H21N3OS/c1-10(2)8-17-13(15-9-16-17)7-14(4,18)12-6-5-11(3)19-12/h5-6,9-10,18H,7-8H2,1-4H3. The van der Waals surface area contributed by atoms with Crippen LogP contribution < -0.4 is 0 Å². The fraction of sp³-hybridized carbons (Fsp3) is 0.571. The van der Waals surface area contributed by atoms with Crippen LogP contribution in [-0.2, 0) is 18.6 Å².